The number of benzene rings is 1. The zero-order valence-electron chi connectivity index (χ0n) is 15.3. The van der Waals surface area contributed by atoms with E-state index in [1.54, 1.807) is 16.9 Å². The average molecular weight is 406 g/mol. The molecule has 0 atom stereocenters. The molecule has 2 aromatic heterocycles. The van der Waals surface area contributed by atoms with Crippen molar-refractivity contribution in [2.45, 2.75) is 13.3 Å². The highest BCUT2D eigenvalue weighted by Crippen LogP contribution is 2.26. The average Bonchev–Trinajstić information content (AvgIpc) is 3.11. The summed E-state index contributed by atoms with van der Waals surface area (Å²) in [6, 6.07) is 8.67. The lowest BCUT2D eigenvalue weighted by Crippen LogP contribution is -2.30. The quantitative estimate of drug-likeness (QED) is 0.586. The summed E-state index contributed by atoms with van der Waals surface area (Å²) in [6.07, 6.45) is -1.74. The monoisotopic (exact) mass is 406 g/mol. The lowest BCUT2D eigenvalue weighted by molar-refractivity contribution is -0.274. The van der Waals surface area contributed by atoms with Crippen molar-refractivity contribution in [1.29, 1.82) is 0 Å². The fraction of sp³-hybridized carbons (Fsp3) is 0.222. The Morgan fingerprint density at radius 3 is 2.69 bits per heavy atom. The number of anilines is 1. The van der Waals surface area contributed by atoms with E-state index in [0.29, 0.717) is 18.2 Å². The molecule has 11 heteroatoms. The molecule has 0 aliphatic heterocycles. The number of nitrogens with zero attached hydrogens (tertiary/aromatic N) is 4. The number of carbonyl (C=O) groups excluding carboxylic acids is 1. The van der Waals surface area contributed by atoms with Gasteiger partial charge in [-0.05, 0) is 25.1 Å². The number of carbonyl (C=O) groups is 1. The molecule has 3 rings (SSSR count). The zero-order valence-corrected chi connectivity index (χ0v) is 15.3. The molecular formula is C18H17F3N6O2. The van der Waals surface area contributed by atoms with Gasteiger partial charge in [-0.2, -0.15) is 5.10 Å². The second-order valence-corrected chi connectivity index (χ2v) is 5.89. The first-order valence-electron chi connectivity index (χ1n) is 8.53. The van der Waals surface area contributed by atoms with Crippen LogP contribution in [0, 0.1) is 6.92 Å². The molecule has 29 heavy (non-hydrogen) atoms. The van der Waals surface area contributed by atoms with Crippen molar-refractivity contribution in [3.05, 3.63) is 60.2 Å². The molecule has 152 valence electrons. The van der Waals surface area contributed by atoms with Gasteiger partial charge in [-0.25, -0.2) is 14.6 Å². The first-order valence-corrected chi connectivity index (χ1v) is 8.53. The third-order valence-corrected chi connectivity index (χ3v) is 3.68. The molecule has 2 N–H and O–H groups in total. The number of ether oxygens (including phenoxy) is 1. The fourth-order valence-electron chi connectivity index (χ4n) is 2.44. The highest BCUT2D eigenvalue weighted by atomic mass is 19.4. The maximum absolute atomic E-state index is 12.5. The van der Waals surface area contributed by atoms with E-state index in [1.165, 1.54) is 24.5 Å². The summed E-state index contributed by atoms with van der Waals surface area (Å²) < 4.78 is 42.8. The number of aromatic nitrogens is 4. The number of amides is 1. The van der Waals surface area contributed by atoms with Crippen LogP contribution in [0.2, 0.25) is 0 Å². The topological polar surface area (TPSA) is 94.0 Å². The van der Waals surface area contributed by atoms with E-state index in [4.69, 9.17) is 0 Å². The SMILES string of the molecule is Cc1ccn(-c2cc(NCCNC(=O)c3ccccc3OC(F)(F)F)ncn2)n1. The number of aryl methyl sites for hydroxylation is 1. The number of halogens is 3. The Bertz CT molecular complexity index is 989. The number of alkyl halides is 3. The number of nitrogens with one attached hydrogen (secondary N) is 2. The summed E-state index contributed by atoms with van der Waals surface area (Å²) in [7, 11) is 0. The van der Waals surface area contributed by atoms with Gasteiger partial charge in [0.05, 0.1) is 11.3 Å². The maximum Gasteiger partial charge on any atom is 0.573 e. The van der Waals surface area contributed by atoms with Crippen LogP contribution in [0.15, 0.2) is 48.9 Å². The smallest absolute Gasteiger partial charge is 0.405 e. The predicted molar refractivity (Wildman–Crippen MR) is 97.8 cm³/mol. The normalized spacial score (nSPS) is 11.2. The summed E-state index contributed by atoms with van der Waals surface area (Å²) in [6.45, 7) is 2.31. The Kier molecular flexibility index (Phi) is 5.96. The molecule has 1 amide bonds. The van der Waals surface area contributed by atoms with Crippen molar-refractivity contribution in [3.63, 3.8) is 0 Å². The minimum atomic E-state index is -4.88. The molecule has 0 saturated carbocycles. The van der Waals surface area contributed by atoms with Crippen molar-refractivity contribution in [1.82, 2.24) is 25.1 Å². The molecule has 8 nitrogen and oxygen atoms in total. The highest BCUT2D eigenvalue weighted by molar-refractivity contribution is 5.96. The van der Waals surface area contributed by atoms with Gasteiger partial charge in [0.2, 0.25) is 0 Å². The summed E-state index contributed by atoms with van der Waals surface area (Å²) in [5.74, 6) is -0.154. The molecule has 0 aliphatic rings. The van der Waals surface area contributed by atoms with Gasteiger partial charge in [-0.1, -0.05) is 12.1 Å². The minimum absolute atomic E-state index is 0.152. The van der Waals surface area contributed by atoms with Crippen LogP contribution in [0.1, 0.15) is 16.1 Å². The lowest BCUT2D eigenvalue weighted by atomic mass is 10.2. The second-order valence-electron chi connectivity index (χ2n) is 5.89. The largest absolute Gasteiger partial charge is 0.573 e. The molecule has 2 heterocycles. The van der Waals surface area contributed by atoms with Crippen LogP contribution in [0.3, 0.4) is 0 Å². The van der Waals surface area contributed by atoms with Crippen molar-refractivity contribution in [2.24, 2.45) is 0 Å². The summed E-state index contributed by atoms with van der Waals surface area (Å²) in [4.78, 5) is 20.4. The van der Waals surface area contributed by atoms with E-state index in [-0.39, 0.29) is 12.1 Å². The number of para-hydroxylation sites is 1. The molecule has 1 aromatic carbocycles. The number of rotatable bonds is 7. The Labute approximate surface area is 163 Å². The molecule has 0 radical (unpaired) electrons. The first-order chi connectivity index (χ1) is 13.8. The Balaban J connectivity index is 1.54. The molecule has 0 spiro atoms. The lowest BCUT2D eigenvalue weighted by Gasteiger charge is -2.13. The van der Waals surface area contributed by atoms with Gasteiger partial charge in [0.1, 0.15) is 17.9 Å². The van der Waals surface area contributed by atoms with Crippen LogP contribution in [-0.4, -0.2) is 45.1 Å². The van der Waals surface area contributed by atoms with Gasteiger partial charge in [0.25, 0.3) is 5.91 Å². The van der Waals surface area contributed by atoms with Crippen LogP contribution in [0.4, 0.5) is 19.0 Å². The molecule has 0 aliphatic carbocycles. The van der Waals surface area contributed by atoms with E-state index < -0.39 is 18.0 Å². The van der Waals surface area contributed by atoms with Gasteiger partial charge in [0.15, 0.2) is 5.82 Å². The number of hydrogen-bond donors (Lipinski definition) is 2. The second kappa shape index (κ2) is 8.59. The van der Waals surface area contributed by atoms with Crippen LogP contribution < -0.4 is 15.4 Å². The van der Waals surface area contributed by atoms with Gasteiger partial charge in [-0.3, -0.25) is 4.79 Å². The Hall–Kier alpha value is -3.63. The summed E-state index contributed by atoms with van der Waals surface area (Å²) >= 11 is 0. The van der Waals surface area contributed by atoms with E-state index in [0.717, 1.165) is 11.8 Å². The van der Waals surface area contributed by atoms with Crippen LogP contribution in [-0.2, 0) is 0 Å². The molecule has 0 bridgehead atoms. The van der Waals surface area contributed by atoms with Gasteiger partial charge in [-0.15, -0.1) is 13.2 Å². The molecule has 0 saturated heterocycles. The summed E-state index contributed by atoms with van der Waals surface area (Å²) in [5, 5.41) is 9.80. The van der Waals surface area contributed by atoms with Crippen LogP contribution in [0.25, 0.3) is 5.82 Å². The Morgan fingerprint density at radius 1 is 1.17 bits per heavy atom. The fourth-order valence-corrected chi connectivity index (χ4v) is 2.44. The van der Waals surface area contributed by atoms with Gasteiger partial charge >= 0.3 is 6.36 Å². The first kappa shape index (κ1) is 20.1. The van der Waals surface area contributed by atoms with Crippen LogP contribution in [0.5, 0.6) is 5.75 Å². The van der Waals surface area contributed by atoms with E-state index in [2.05, 4.69) is 30.4 Å². The highest BCUT2D eigenvalue weighted by Gasteiger charge is 2.32. The third-order valence-electron chi connectivity index (χ3n) is 3.68. The summed E-state index contributed by atoms with van der Waals surface area (Å²) in [5.41, 5.74) is 0.638. The predicted octanol–water partition coefficient (Wildman–Crippen LogP) is 2.71. The number of hydrogen-bond acceptors (Lipinski definition) is 6. The zero-order chi connectivity index (χ0) is 20.9. The van der Waals surface area contributed by atoms with Crippen molar-refractivity contribution >= 4 is 11.7 Å². The molecule has 0 fully saturated rings. The van der Waals surface area contributed by atoms with Crippen molar-refractivity contribution < 1.29 is 22.7 Å². The van der Waals surface area contributed by atoms with E-state index >= 15 is 0 Å². The van der Waals surface area contributed by atoms with E-state index in [1.807, 2.05) is 13.0 Å². The molecule has 0 unspecified atom stereocenters. The van der Waals surface area contributed by atoms with E-state index in [9.17, 15) is 18.0 Å². The molecular weight excluding hydrogens is 389 g/mol. The molecule has 3 aromatic rings. The van der Waals surface area contributed by atoms with Crippen molar-refractivity contribution in [2.75, 3.05) is 18.4 Å². The standard InChI is InChI=1S/C18H17F3N6O2/c1-12-6-9-27(26-12)16-10-15(24-11-25-16)22-7-8-23-17(28)13-4-2-3-5-14(13)29-18(19,20)21/h2-6,9-11H,7-8H2,1H3,(H,23,28)(H,22,24,25). The van der Waals surface area contributed by atoms with Gasteiger partial charge < -0.3 is 15.4 Å². The van der Waals surface area contributed by atoms with Gasteiger partial charge in [0, 0.05) is 25.4 Å². The maximum atomic E-state index is 12.5. The third kappa shape index (κ3) is 5.67. The van der Waals surface area contributed by atoms with Crippen LogP contribution >= 0.6 is 0 Å². The Morgan fingerprint density at radius 2 is 1.97 bits per heavy atom. The minimum Gasteiger partial charge on any atom is -0.405 e. The van der Waals surface area contributed by atoms with Crippen molar-refractivity contribution in [3.8, 4) is 11.6 Å².